The number of nitrogens with zero attached hydrogens (tertiary/aromatic N) is 3. The lowest BCUT2D eigenvalue weighted by molar-refractivity contribution is 0.0442. The number of aliphatic hydroxyl groups is 1. The lowest BCUT2D eigenvalue weighted by atomic mass is 9.89. The Morgan fingerprint density at radius 2 is 2.12 bits per heavy atom. The Hall–Kier alpha value is -1.62. The molecule has 1 atom stereocenters. The lowest BCUT2D eigenvalue weighted by Crippen LogP contribution is -2.35. The van der Waals surface area contributed by atoms with Gasteiger partial charge in [-0.2, -0.15) is 0 Å². The van der Waals surface area contributed by atoms with Crippen molar-refractivity contribution in [3.63, 3.8) is 0 Å². The molecule has 0 radical (unpaired) electrons. The molecule has 2 heterocycles. The first-order valence-electron chi connectivity index (χ1n) is 5.62. The molecule has 1 N–H and O–H groups in total. The molecule has 2 aromatic heterocycles. The normalized spacial score (nSPS) is 14.1. The summed E-state index contributed by atoms with van der Waals surface area (Å²) in [6.07, 6.45) is 1.06. The van der Waals surface area contributed by atoms with Gasteiger partial charge in [0.25, 0.3) is 0 Å². The average Bonchev–Trinajstić information content (AvgIpc) is 2.55. The fourth-order valence-electron chi connectivity index (χ4n) is 1.52. The Labute approximate surface area is 99.3 Å². The van der Waals surface area contributed by atoms with E-state index in [1.54, 1.807) is 18.3 Å². The van der Waals surface area contributed by atoms with Crippen molar-refractivity contribution in [2.75, 3.05) is 0 Å². The molecule has 0 aliphatic carbocycles. The maximum Gasteiger partial charge on any atom is 0.350 e. The van der Waals surface area contributed by atoms with E-state index in [1.165, 1.54) is 9.08 Å². The fraction of sp³-hybridized carbons (Fsp3) is 0.500. The van der Waals surface area contributed by atoms with Crippen LogP contribution in [0.25, 0.3) is 5.65 Å². The van der Waals surface area contributed by atoms with Crippen molar-refractivity contribution < 1.29 is 5.11 Å². The molecule has 5 heteroatoms. The first kappa shape index (κ1) is 11.9. The van der Waals surface area contributed by atoms with Gasteiger partial charge in [-0.3, -0.25) is 4.40 Å². The minimum absolute atomic E-state index is 0.212. The van der Waals surface area contributed by atoms with Crippen molar-refractivity contribution in [1.29, 1.82) is 0 Å². The zero-order valence-corrected chi connectivity index (χ0v) is 10.3. The van der Waals surface area contributed by atoms with E-state index in [2.05, 4.69) is 5.10 Å². The van der Waals surface area contributed by atoms with Gasteiger partial charge in [-0.05, 0) is 17.5 Å². The van der Waals surface area contributed by atoms with Gasteiger partial charge < -0.3 is 5.11 Å². The smallest absolute Gasteiger partial charge is 0.350 e. The van der Waals surface area contributed by atoms with Gasteiger partial charge in [-0.15, -0.1) is 5.10 Å². The van der Waals surface area contributed by atoms with E-state index >= 15 is 0 Å². The molecule has 1 unspecified atom stereocenters. The molecule has 17 heavy (non-hydrogen) atoms. The molecule has 2 rings (SSSR count). The van der Waals surface area contributed by atoms with Crippen molar-refractivity contribution in [3.05, 3.63) is 34.9 Å². The van der Waals surface area contributed by atoms with E-state index in [9.17, 15) is 9.90 Å². The largest absolute Gasteiger partial charge is 0.391 e. The zero-order chi connectivity index (χ0) is 12.6. The van der Waals surface area contributed by atoms with E-state index in [-0.39, 0.29) is 17.6 Å². The highest BCUT2D eigenvalue weighted by Gasteiger charge is 2.23. The van der Waals surface area contributed by atoms with Crippen LogP contribution in [-0.4, -0.2) is 25.4 Å². The summed E-state index contributed by atoms with van der Waals surface area (Å²) in [5.41, 5.74) is 0.109. The minimum Gasteiger partial charge on any atom is -0.391 e. The number of pyridine rings is 1. The second kappa shape index (κ2) is 4.00. The number of aromatic nitrogens is 3. The van der Waals surface area contributed by atoms with Crippen LogP contribution in [0.1, 0.15) is 20.8 Å². The lowest BCUT2D eigenvalue weighted by Gasteiger charge is -2.25. The van der Waals surface area contributed by atoms with E-state index in [0.29, 0.717) is 5.65 Å². The number of hydrogen-bond acceptors (Lipinski definition) is 3. The number of fused-ring (bicyclic) bond motifs is 1. The van der Waals surface area contributed by atoms with Gasteiger partial charge in [0.2, 0.25) is 0 Å². The third-order valence-electron chi connectivity index (χ3n) is 2.83. The predicted octanol–water partition coefficient (Wildman–Crippen LogP) is 0.903. The van der Waals surface area contributed by atoms with Crippen LogP contribution in [0.2, 0.25) is 0 Å². The van der Waals surface area contributed by atoms with E-state index in [1.807, 2.05) is 26.8 Å². The van der Waals surface area contributed by atoms with Crippen LogP contribution in [0.4, 0.5) is 0 Å². The Bertz CT molecular complexity index is 577. The third-order valence-corrected chi connectivity index (χ3v) is 2.83. The topological polar surface area (TPSA) is 59.5 Å². The molecule has 0 aromatic carbocycles. The Kier molecular flexibility index (Phi) is 2.79. The fourth-order valence-corrected chi connectivity index (χ4v) is 1.52. The molecule has 5 nitrogen and oxygen atoms in total. The van der Waals surface area contributed by atoms with E-state index in [0.717, 1.165) is 0 Å². The molecular weight excluding hydrogens is 218 g/mol. The Morgan fingerprint density at radius 3 is 2.71 bits per heavy atom. The molecule has 0 bridgehead atoms. The summed E-state index contributed by atoms with van der Waals surface area (Å²) >= 11 is 0. The predicted molar refractivity (Wildman–Crippen MR) is 64.9 cm³/mol. The van der Waals surface area contributed by atoms with Crippen molar-refractivity contribution in [2.24, 2.45) is 5.41 Å². The molecule has 2 aromatic rings. The summed E-state index contributed by atoms with van der Waals surface area (Å²) in [5, 5.41) is 14.2. The highest BCUT2D eigenvalue weighted by atomic mass is 16.3. The summed E-state index contributed by atoms with van der Waals surface area (Å²) in [5.74, 6) is 0. The first-order chi connectivity index (χ1) is 7.89. The number of rotatable bonds is 2. The molecule has 0 spiro atoms. The van der Waals surface area contributed by atoms with Gasteiger partial charge in [0, 0.05) is 6.20 Å². The van der Waals surface area contributed by atoms with Gasteiger partial charge in [0.05, 0.1) is 12.6 Å². The standard InChI is InChI=1S/C12H17N3O2/c1-12(2,3)9(16)8-15-11(17)14-7-5-4-6-10(14)13-15/h4-7,9,16H,8H2,1-3H3. The maximum atomic E-state index is 11.9. The van der Waals surface area contributed by atoms with Gasteiger partial charge in [0.1, 0.15) is 0 Å². The maximum absolute atomic E-state index is 11.9. The van der Waals surface area contributed by atoms with Crippen LogP contribution < -0.4 is 5.69 Å². The van der Waals surface area contributed by atoms with Crippen molar-refractivity contribution >= 4 is 5.65 Å². The van der Waals surface area contributed by atoms with Crippen LogP contribution in [0.5, 0.6) is 0 Å². The SMILES string of the molecule is CC(C)(C)C(O)Cn1nc2ccccn2c1=O. The van der Waals surface area contributed by atoms with Crippen LogP contribution >= 0.6 is 0 Å². The van der Waals surface area contributed by atoms with Crippen LogP contribution in [0.15, 0.2) is 29.2 Å². The third kappa shape index (κ3) is 2.24. The Balaban J connectivity index is 2.38. The molecule has 0 saturated carbocycles. The molecule has 92 valence electrons. The highest BCUT2D eigenvalue weighted by Crippen LogP contribution is 2.19. The number of hydrogen-bond donors (Lipinski definition) is 1. The quantitative estimate of drug-likeness (QED) is 0.841. The van der Waals surface area contributed by atoms with Crippen molar-refractivity contribution in [3.8, 4) is 0 Å². The van der Waals surface area contributed by atoms with Crippen molar-refractivity contribution in [1.82, 2.24) is 14.2 Å². The molecular formula is C12H17N3O2. The summed E-state index contributed by atoms with van der Waals surface area (Å²) in [6, 6.07) is 5.37. The zero-order valence-electron chi connectivity index (χ0n) is 10.3. The minimum atomic E-state index is -0.606. The van der Waals surface area contributed by atoms with Gasteiger partial charge in [-0.1, -0.05) is 26.8 Å². The molecule has 0 aliphatic rings. The first-order valence-corrected chi connectivity index (χ1v) is 5.62. The second-order valence-electron chi connectivity index (χ2n) is 5.28. The van der Waals surface area contributed by atoms with E-state index < -0.39 is 6.10 Å². The second-order valence-corrected chi connectivity index (χ2v) is 5.28. The van der Waals surface area contributed by atoms with Gasteiger partial charge in [-0.25, -0.2) is 9.48 Å². The van der Waals surface area contributed by atoms with Crippen LogP contribution in [0.3, 0.4) is 0 Å². The summed E-state index contributed by atoms with van der Waals surface area (Å²) in [4.78, 5) is 11.9. The monoisotopic (exact) mass is 235 g/mol. The van der Waals surface area contributed by atoms with Crippen LogP contribution in [0, 0.1) is 5.41 Å². The summed E-state index contributed by atoms with van der Waals surface area (Å²) in [6.45, 7) is 6.00. The Morgan fingerprint density at radius 1 is 1.41 bits per heavy atom. The van der Waals surface area contributed by atoms with E-state index in [4.69, 9.17) is 0 Å². The van der Waals surface area contributed by atoms with Crippen molar-refractivity contribution in [2.45, 2.75) is 33.4 Å². The number of aliphatic hydroxyl groups excluding tert-OH is 1. The van der Waals surface area contributed by atoms with Crippen LogP contribution in [-0.2, 0) is 6.54 Å². The molecule has 0 saturated heterocycles. The molecule has 0 amide bonds. The summed E-state index contributed by atoms with van der Waals surface area (Å²) in [7, 11) is 0. The molecule has 0 aliphatic heterocycles. The van der Waals surface area contributed by atoms with Gasteiger partial charge >= 0.3 is 5.69 Å². The summed E-state index contributed by atoms with van der Waals surface area (Å²) < 4.78 is 2.78. The average molecular weight is 235 g/mol. The molecule has 0 fully saturated rings. The highest BCUT2D eigenvalue weighted by molar-refractivity contribution is 5.35. The van der Waals surface area contributed by atoms with Gasteiger partial charge in [0.15, 0.2) is 5.65 Å².